The van der Waals surface area contributed by atoms with Crippen molar-refractivity contribution in [1.29, 1.82) is 0 Å². The van der Waals surface area contributed by atoms with Crippen LogP contribution in [0.5, 0.6) is 5.75 Å². The summed E-state index contributed by atoms with van der Waals surface area (Å²) in [5.41, 5.74) is -1.59. The maximum absolute atomic E-state index is 13.1. The molecule has 8 heteroatoms. The molecule has 0 radical (unpaired) electrons. The van der Waals surface area contributed by atoms with E-state index in [-0.39, 0.29) is 31.5 Å². The van der Waals surface area contributed by atoms with Gasteiger partial charge in [0.25, 0.3) is 5.91 Å². The fraction of sp³-hybridized carbons (Fsp3) is 0.533. The number of alkyl halides is 3. The molecule has 1 aliphatic heterocycles. The molecule has 0 saturated carbocycles. The predicted octanol–water partition coefficient (Wildman–Crippen LogP) is 1.55. The third kappa shape index (κ3) is 3.94. The van der Waals surface area contributed by atoms with Crippen LogP contribution in [0.4, 0.5) is 13.2 Å². The number of rotatable bonds is 3. The van der Waals surface area contributed by atoms with Gasteiger partial charge in [0.2, 0.25) is 0 Å². The first-order chi connectivity index (χ1) is 10.7. The second-order valence-electron chi connectivity index (χ2n) is 5.59. The van der Waals surface area contributed by atoms with Crippen molar-refractivity contribution in [3.63, 3.8) is 0 Å². The summed E-state index contributed by atoms with van der Waals surface area (Å²) in [5.74, 6) is -1.13. The van der Waals surface area contributed by atoms with Gasteiger partial charge < -0.3 is 15.1 Å². The number of carbonyl (C=O) groups is 1. The summed E-state index contributed by atoms with van der Waals surface area (Å²) in [6.07, 6.45) is -4.66. The molecule has 0 aromatic heterocycles. The maximum atomic E-state index is 13.1. The number of phenolic OH excluding ortho intramolecular Hbond substituents is 1. The van der Waals surface area contributed by atoms with Gasteiger partial charge in [-0.2, -0.15) is 13.2 Å². The lowest BCUT2D eigenvalue weighted by Gasteiger charge is -2.39. The van der Waals surface area contributed by atoms with Gasteiger partial charge in [-0.25, -0.2) is 0 Å². The number of amides is 1. The number of hydrogen-bond acceptors (Lipinski definition) is 4. The zero-order valence-electron chi connectivity index (χ0n) is 12.7. The van der Waals surface area contributed by atoms with Gasteiger partial charge in [0.05, 0.1) is 17.7 Å². The lowest BCUT2D eigenvalue weighted by atomic mass is 10.0. The van der Waals surface area contributed by atoms with Crippen molar-refractivity contribution in [3.05, 3.63) is 29.3 Å². The number of carbonyl (C=O) groups excluding carboxylic acids is 1. The molecule has 1 aromatic carbocycles. The summed E-state index contributed by atoms with van der Waals surface area (Å²) in [4.78, 5) is 15.8. The Morgan fingerprint density at radius 1 is 1.35 bits per heavy atom. The molecule has 1 aromatic rings. The molecule has 0 aliphatic carbocycles. The average molecular weight is 332 g/mol. The molecule has 2 N–H and O–H groups in total. The Labute approximate surface area is 131 Å². The topological polar surface area (TPSA) is 64.0 Å². The molecule has 23 heavy (non-hydrogen) atoms. The summed E-state index contributed by atoms with van der Waals surface area (Å²) >= 11 is 0. The number of phenols is 1. The first kappa shape index (κ1) is 17.6. The molecule has 1 unspecified atom stereocenters. The number of piperazine rings is 1. The Balaban J connectivity index is 2.23. The maximum Gasteiger partial charge on any atom is 0.417 e. The van der Waals surface area contributed by atoms with E-state index in [0.29, 0.717) is 19.2 Å². The van der Waals surface area contributed by atoms with Crippen molar-refractivity contribution >= 4 is 5.91 Å². The fourth-order valence-electron chi connectivity index (χ4n) is 2.77. The first-order valence-corrected chi connectivity index (χ1v) is 7.28. The van der Waals surface area contributed by atoms with E-state index >= 15 is 0 Å². The van der Waals surface area contributed by atoms with E-state index < -0.39 is 23.2 Å². The molecule has 0 bridgehead atoms. The van der Waals surface area contributed by atoms with E-state index in [1.165, 1.54) is 4.90 Å². The van der Waals surface area contributed by atoms with Crippen LogP contribution in [0.25, 0.3) is 0 Å². The van der Waals surface area contributed by atoms with Crippen LogP contribution in [0.3, 0.4) is 0 Å². The highest BCUT2D eigenvalue weighted by atomic mass is 19.4. The minimum Gasteiger partial charge on any atom is -0.508 e. The molecule has 1 saturated heterocycles. The van der Waals surface area contributed by atoms with Gasteiger partial charge >= 0.3 is 6.18 Å². The molecule has 2 rings (SSSR count). The quantitative estimate of drug-likeness (QED) is 0.882. The van der Waals surface area contributed by atoms with Crippen molar-refractivity contribution in [3.8, 4) is 5.75 Å². The van der Waals surface area contributed by atoms with Crippen LogP contribution in [0, 0.1) is 0 Å². The molecule has 1 aliphatic rings. The molecular formula is C15H19F3N2O3. The van der Waals surface area contributed by atoms with Crippen LogP contribution in [0.15, 0.2) is 18.2 Å². The standard InChI is InChI=1S/C15H19F3N2O3/c1-10-9-20(5-4-19(10)6-7-21)14(23)12-8-11(22)2-3-13(12)15(16,17)18/h2-3,8,10,21-22H,4-7,9H2,1H3. The third-order valence-corrected chi connectivity index (χ3v) is 3.98. The smallest absolute Gasteiger partial charge is 0.417 e. The summed E-state index contributed by atoms with van der Waals surface area (Å²) in [7, 11) is 0. The first-order valence-electron chi connectivity index (χ1n) is 7.28. The monoisotopic (exact) mass is 332 g/mol. The van der Waals surface area contributed by atoms with E-state index in [9.17, 15) is 23.1 Å². The van der Waals surface area contributed by atoms with Crippen LogP contribution in [-0.4, -0.2) is 64.7 Å². The van der Waals surface area contributed by atoms with E-state index in [1.54, 1.807) is 0 Å². The molecule has 1 fully saturated rings. The van der Waals surface area contributed by atoms with Gasteiger partial charge in [0, 0.05) is 32.2 Å². The van der Waals surface area contributed by atoms with Gasteiger partial charge in [-0.15, -0.1) is 0 Å². The van der Waals surface area contributed by atoms with Crippen molar-refractivity contribution in [2.24, 2.45) is 0 Å². The van der Waals surface area contributed by atoms with Crippen molar-refractivity contribution < 1.29 is 28.2 Å². The van der Waals surface area contributed by atoms with Crippen LogP contribution in [0.1, 0.15) is 22.8 Å². The summed E-state index contributed by atoms with van der Waals surface area (Å²) in [6, 6.07) is 2.43. The Hall–Kier alpha value is -1.80. The number of aromatic hydroxyl groups is 1. The van der Waals surface area contributed by atoms with Crippen LogP contribution >= 0.6 is 0 Å². The molecule has 1 atom stereocenters. The second-order valence-corrected chi connectivity index (χ2v) is 5.59. The Morgan fingerprint density at radius 2 is 2.04 bits per heavy atom. The fourth-order valence-corrected chi connectivity index (χ4v) is 2.77. The largest absolute Gasteiger partial charge is 0.508 e. The normalized spacial score (nSPS) is 19.9. The highest BCUT2D eigenvalue weighted by molar-refractivity contribution is 5.96. The van der Waals surface area contributed by atoms with Crippen molar-refractivity contribution in [1.82, 2.24) is 9.80 Å². The summed E-state index contributed by atoms with van der Waals surface area (Å²) < 4.78 is 39.2. The second kappa shape index (κ2) is 6.76. The van der Waals surface area contributed by atoms with E-state index in [4.69, 9.17) is 5.11 Å². The highest BCUT2D eigenvalue weighted by Gasteiger charge is 2.37. The number of benzene rings is 1. The molecular weight excluding hydrogens is 313 g/mol. The summed E-state index contributed by atoms with van der Waals surface area (Å²) in [6.45, 7) is 3.32. The summed E-state index contributed by atoms with van der Waals surface area (Å²) in [5, 5.41) is 18.4. The van der Waals surface area contributed by atoms with Crippen LogP contribution in [0.2, 0.25) is 0 Å². The number of halogens is 3. The average Bonchev–Trinajstić information content (AvgIpc) is 2.47. The lowest BCUT2D eigenvalue weighted by Crippen LogP contribution is -2.54. The minimum atomic E-state index is -4.66. The lowest BCUT2D eigenvalue weighted by molar-refractivity contribution is -0.138. The number of aliphatic hydroxyl groups excluding tert-OH is 1. The predicted molar refractivity (Wildman–Crippen MR) is 77.1 cm³/mol. The molecule has 5 nitrogen and oxygen atoms in total. The zero-order chi connectivity index (χ0) is 17.2. The van der Waals surface area contributed by atoms with E-state index in [0.717, 1.165) is 12.1 Å². The van der Waals surface area contributed by atoms with Crippen LogP contribution < -0.4 is 0 Å². The molecule has 128 valence electrons. The molecule has 1 heterocycles. The number of β-amino-alcohol motifs (C(OH)–C–C–N with tert-alkyl or cyclic N) is 1. The third-order valence-electron chi connectivity index (χ3n) is 3.98. The van der Waals surface area contributed by atoms with Crippen molar-refractivity contribution in [2.75, 3.05) is 32.8 Å². The Bertz CT molecular complexity index is 578. The zero-order valence-corrected chi connectivity index (χ0v) is 12.7. The van der Waals surface area contributed by atoms with Crippen LogP contribution in [-0.2, 0) is 6.18 Å². The number of hydrogen-bond donors (Lipinski definition) is 2. The van der Waals surface area contributed by atoms with E-state index in [1.807, 2.05) is 11.8 Å². The number of nitrogens with zero attached hydrogens (tertiary/aromatic N) is 2. The Kier molecular flexibility index (Phi) is 5.16. The van der Waals surface area contributed by atoms with Crippen molar-refractivity contribution in [2.45, 2.75) is 19.1 Å². The van der Waals surface area contributed by atoms with Gasteiger partial charge in [-0.1, -0.05) is 0 Å². The molecule has 0 spiro atoms. The highest BCUT2D eigenvalue weighted by Crippen LogP contribution is 2.34. The Morgan fingerprint density at radius 3 is 2.61 bits per heavy atom. The van der Waals surface area contributed by atoms with Gasteiger partial charge in [0.1, 0.15) is 5.75 Å². The minimum absolute atomic E-state index is 0.0108. The molecule has 1 amide bonds. The SMILES string of the molecule is CC1CN(C(=O)c2cc(O)ccc2C(F)(F)F)CCN1CCO. The van der Waals surface area contributed by atoms with Gasteiger partial charge in [-0.05, 0) is 25.1 Å². The van der Waals surface area contributed by atoms with Gasteiger partial charge in [0.15, 0.2) is 0 Å². The van der Waals surface area contributed by atoms with E-state index in [2.05, 4.69) is 0 Å². The van der Waals surface area contributed by atoms with Gasteiger partial charge in [-0.3, -0.25) is 9.69 Å². The number of aliphatic hydroxyl groups is 1.